The monoisotopic (exact) mass is 463 g/mol. The minimum Gasteiger partial charge on any atom is -0.493 e. The van der Waals surface area contributed by atoms with Crippen molar-refractivity contribution >= 4 is 33.5 Å². The number of thiazole rings is 1. The molecule has 0 bridgehead atoms. The first-order valence-corrected chi connectivity index (χ1v) is 11.9. The number of para-hydroxylation sites is 1. The number of rotatable bonds is 8. The Labute approximate surface area is 198 Å². The van der Waals surface area contributed by atoms with Crippen molar-refractivity contribution < 1.29 is 14.3 Å². The second-order valence-electron chi connectivity index (χ2n) is 7.90. The highest BCUT2D eigenvalue weighted by Crippen LogP contribution is 2.30. The number of amides is 1. The fourth-order valence-electron chi connectivity index (χ4n) is 3.88. The van der Waals surface area contributed by atoms with Gasteiger partial charge in [0, 0.05) is 32.3 Å². The van der Waals surface area contributed by atoms with E-state index < -0.39 is 0 Å². The Hall–Kier alpha value is -3.16. The van der Waals surface area contributed by atoms with Crippen LogP contribution in [0.4, 0.5) is 0 Å². The summed E-state index contributed by atoms with van der Waals surface area (Å²) in [5.74, 6) is 1.30. The number of hydrogen-bond donors (Lipinski definition) is 0. The summed E-state index contributed by atoms with van der Waals surface area (Å²) in [5.41, 5.74) is 1.94. The van der Waals surface area contributed by atoms with Gasteiger partial charge in [-0.05, 0) is 42.8 Å². The van der Waals surface area contributed by atoms with E-state index in [0.29, 0.717) is 31.2 Å². The number of nitrogens with zero attached hydrogens (tertiary/aromatic N) is 3. The first-order valence-electron chi connectivity index (χ1n) is 11.1. The number of piperazine rings is 1. The fraction of sp³-hybridized carbons (Fsp3) is 0.308. The van der Waals surface area contributed by atoms with E-state index in [1.54, 1.807) is 30.6 Å². The molecule has 3 aromatic rings. The predicted molar refractivity (Wildman–Crippen MR) is 134 cm³/mol. The van der Waals surface area contributed by atoms with E-state index in [-0.39, 0.29) is 11.9 Å². The van der Waals surface area contributed by atoms with Crippen molar-refractivity contribution in [3.8, 4) is 11.5 Å². The molecule has 0 spiro atoms. The minimum atomic E-state index is 0.0215. The molecule has 1 aliphatic heterocycles. The van der Waals surface area contributed by atoms with Crippen molar-refractivity contribution in [2.24, 2.45) is 0 Å². The van der Waals surface area contributed by atoms with Crippen molar-refractivity contribution in [1.82, 2.24) is 14.8 Å². The van der Waals surface area contributed by atoms with Crippen LogP contribution in [0.15, 0.2) is 61.2 Å². The predicted octanol–water partition coefficient (Wildman–Crippen LogP) is 4.79. The number of methoxy groups -OCH3 is 1. The average molecular weight is 464 g/mol. The normalized spacial score (nSPS) is 15.6. The molecule has 1 aromatic heterocycles. The van der Waals surface area contributed by atoms with E-state index >= 15 is 0 Å². The van der Waals surface area contributed by atoms with Crippen molar-refractivity contribution in [2.45, 2.75) is 13.0 Å². The maximum atomic E-state index is 12.7. The molecule has 2 aromatic carbocycles. The first kappa shape index (κ1) is 23.0. The smallest absolute Gasteiger partial charge is 0.246 e. The van der Waals surface area contributed by atoms with Gasteiger partial charge in [-0.1, -0.05) is 30.9 Å². The van der Waals surface area contributed by atoms with E-state index in [9.17, 15) is 4.79 Å². The third-order valence-electron chi connectivity index (χ3n) is 5.80. The SMILES string of the molecule is C=CCOc1ccc(/C=C/C(=O)N2CCN(C(C)c3nc4ccccc4s3)CC2)cc1OC. The van der Waals surface area contributed by atoms with Crippen LogP contribution < -0.4 is 9.47 Å². The van der Waals surface area contributed by atoms with E-state index in [1.165, 1.54) is 4.70 Å². The van der Waals surface area contributed by atoms with E-state index in [1.807, 2.05) is 41.3 Å². The number of carbonyl (C=O) groups excluding carboxylic acids is 1. The second-order valence-corrected chi connectivity index (χ2v) is 8.96. The van der Waals surface area contributed by atoms with Gasteiger partial charge in [-0.3, -0.25) is 9.69 Å². The highest BCUT2D eigenvalue weighted by atomic mass is 32.1. The molecule has 0 N–H and O–H groups in total. The van der Waals surface area contributed by atoms with Gasteiger partial charge >= 0.3 is 0 Å². The van der Waals surface area contributed by atoms with Crippen LogP contribution in [0.3, 0.4) is 0 Å². The number of aromatic nitrogens is 1. The Morgan fingerprint density at radius 3 is 2.70 bits per heavy atom. The number of ether oxygens (including phenoxy) is 2. The van der Waals surface area contributed by atoms with Crippen molar-refractivity contribution in [3.63, 3.8) is 0 Å². The van der Waals surface area contributed by atoms with E-state index in [2.05, 4.69) is 30.5 Å². The zero-order valence-corrected chi connectivity index (χ0v) is 19.9. The van der Waals surface area contributed by atoms with Gasteiger partial charge in [-0.2, -0.15) is 0 Å². The molecule has 4 rings (SSSR count). The highest BCUT2D eigenvalue weighted by molar-refractivity contribution is 7.18. The van der Waals surface area contributed by atoms with Gasteiger partial charge in [0.1, 0.15) is 11.6 Å². The Morgan fingerprint density at radius 1 is 1.18 bits per heavy atom. The Kier molecular flexibility index (Phi) is 7.42. The summed E-state index contributed by atoms with van der Waals surface area (Å²) in [5, 5.41) is 1.13. The van der Waals surface area contributed by atoms with Crippen LogP contribution in [0.2, 0.25) is 0 Å². The molecule has 2 heterocycles. The van der Waals surface area contributed by atoms with Gasteiger partial charge in [-0.25, -0.2) is 4.98 Å². The standard InChI is InChI=1S/C26H29N3O3S/c1-4-17-32-22-11-9-20(18-23(22)31-3)10-12-25(30)29-15-13-28(14-16-29)19(2)26-27-21-7-5-6-8-24(21)33-26/h4-12,18-19H,1,13-17H2,2-3H3/b12-10+. The molecule has 1 fully saturated rings. The summed E-state index contributed by atoms with van der Waals surface area (Å²) < 4.78 is 12.2. The average Bonchev–Trinajstić information content (AvgIpc) is 3.30. The van der Waals surface area contributed by atoms with Crippen molar-refractivity contribution in [2.75, 3.05) is 39.9 Å². The largest absolute Gasteiger partial charge is 0.493 e. The summed E-state index contributed by atoms with van der Waals surface area (Å²) in [4.78, 5) is 21.8. The number of benzene rings is 2. The Morgan fingerprint density at radius 2 is 1.97 bits per heavy atom. The third kappa shape index (κ3) is 5.43. The van der Waals surface area contributed by atoms with Crippen LogP contribution in [-0.4, -0.2) is 60.6 Å². The van der Waals surface area contributed by atoms with Crippen LogP contribution in [0.5, 0.6) is 11.5 Å². The van der Waals surface area contributed by atoms with Crippen LogP contribution in [0.1, 0.15) is 23.5 Å². The number of fused-ring (bicyclic) bond motifs is 1. The lowest BCUT2D eigenvalue weighted by Crippen LogP contribution is -2.48. The number of carbonyl (C=O) groups is 1. The zero-order valence-electron chi connectivity index (χ0n) is 19.1. The molecular weight excluding hydrogens is 434 g/mol. The molecule has 0 aliphatic carbocycles. The topological polar surface area (TPSA) is 54.9 Å². The molecule has 1 unspecified atom stereocenters. The van der Waals surface area contributed by atoms with Gasteiger partial charge < -0.3 is 14.4 Å². The molecule has 7 heteroatoms. The van der Waals surface area contributed by atoms with Crippen molar-refractivity contribution in [1.29, 1.82) is 0 Å². The minimum absolute atomic E-state index is 0.0215. The molecule has 0 radical (unpaired) electrons. The van der Waals surface area contributed by atoms with Gasteiger partial charge in [0.05, 0.1) is 23.4 Å². The van der Waals surface area contributed by atoms with Crippen molar-refractivity contribution in [3.05, 3.63) is 71.8 Å². The van der Waals surface area contributed by atoms with E-state index in [4.69, 9.17) is 14.5 Å². The maximum Gasteiger partial charge on any atom is 0.246 e. The van der Waals surface area contributed by atoms with E-state index in [0.717, 1.165) is 29.2 Å². The number of hydrogen-bond acceptors (Lipinski definition) is 6. The molecule has 1 saturated heterocycles. The fourth-order valence-corrected chi connectivity index (χ4v) is 4.94. The molecule has 6 nitrogen and oxygen atoms in total. The lowest BCUT2D eigenvalue weighted by atomic mass is 10.1. The molecule has 1 amide bonds. The molecule has 1 atom stereocenters. The first-order chi connectivity index (χ1) is 16.1. The van der Waals surface area contributed by atoms with Crippen LogP contribution in [-0.2, 0) is 4.79 Å². The second kappa shape index (κ2) is 10.6. The quantitative estimate of drug-likeness (QED) is 0.355. The lowest BCUT2D eigenvalue weighted by Gasteiger charge is -2.37. The molecule has 33 heavy (non-hydrogen) atoms. The zero-order chi connectivity index (χ0) is 23.2. The maximum absolute atomic E-state index is 12.7. The molecule has 172 valence electrons. The lowest BCUT2D eigenvalue weighted by molar-refractivity contribution is -0.127. The third-order valence-corrected chi connectivity index (χ3v) is 7.01. The van der Waals surface area contributed by atoms with Gasteiger partial charge in [0.15, 0.2) is 11.5 Å². The Bertz CT molecular complexity index is 1120. The van der Waals surface area contributed by atoms with Gasteiger partial charge in [-0.15, -0.1) is 11.3 Å². The summed E-state index contributed by atoms with van der Waals surface area (Å²) >= 11 is 1.75. The van der Waals surface area contributed by atoms with Crippen LogP contribution in [0.25, 0.3) is 16.3 Å². The summed E-state index contributed by atoms with van der Waals surface area (Å²) in [7, 11) is 1.60. The highest BCUT2D eigenvalue weighted by Gasteiger charge is 2.25. The van der Waals surface area contributed by atoms with Gasteiger partial charge in [0.2, 0.25) is 5.91 Å². The molecule has 1 aliphatic rings. The molecular formula is C26H29N3O3S. The Balaban J connectivity index is 1.33. The van der Waals surface area contributed by atoms with Crippen LogP contribution in [0, 0.1) is 0 Å². The summed E-state index contributed by atoms with van der Waals surface area (Å²) in [6.07, 6.45) is 5.13. The molecule has 0 saturated carbocycles. The van der Waals surface area contributed by atoms with Gasteiger partial charge in [0.25, 0.3) is 0 Å². The summed E-state index contributed by atoms with van der Waals surface area (Å²) in [6, 6.07) is 14.1. The van der Waals surface area contributed by atoms with Crippen LogP contribution >= 0.6 is 11.3 Å². The summed E-state index contributed by atoms with van der Waals surface area (Å²) in [6.45, 7) is 9.34.